The maximum absolute atomic E-state index is 10.7. The first kappa shape index (κ1) is 15.0. The maximum Gasteiger partial charge on any atom is 0.237 e. The van der Waals surface area contributed by atoms with Gasteiger partial charge in [-0.15, -0.1) is 0 Å². The SMILES string of the molecule is CCCCCCC(N=C=O)(N=C=O)c1ccccc1. The first-order valence-corrected chi connectivity index (χ1v) is 6.52. The molecule has 0 heterocycles. The predicted molar refractivity (Wildman–Crippen MR) is 73.1 cm³/mol. The van der Waals surface area contributed by atoms with Gasteiger partial charge in [-0.2, -0.15) is 9.98 Å². The molecule has 0 saturated carbocycles. The molecule has 1 aromatic rings. The van der Waals surface area contributed by atoms with E-state index in [4.69, 9.17) is 0 Å². The maximum atomic E-state index is 10.7. The topological polar surface area (TPSA) is 58.9 Å². The highest BCUT2D eigenvalue weighted by Crippen LogP contribution is 2.32. The molecule has 100 valence electrons. The van der Waals surface area contributed by atoms with Crippen molar-refractivity contribution in [2.75, 3.05) is 0 Å². The van der Waals surface area contributed by atoms with E-state index in [1.807, 2.05) is 30.3 Å². The van der Waals surface area contributed by atoms with Gasteiger partial charge in [-0.25, -0.2) is 9.59 Å². The van der Waals surface area contributed by atoms with Gasteiger partial charge in [0.1, 0.15) is 0 Å². The largest absolute Gasteiger partial charge is 0.237 e. The first-order chi connectivity index (χ1) is 9.29. The molecule has 0 bridgehead atoms. The molecule has 0 unspecified atom stereocenters. The van der Waals surface area contributed by atoms with E-state index in [-0.39, 0.29) is 0 Å². The Hall–Kier alpha value is -2.02. The van der Waals surface area contributed by atoms with E-state index in [1.165, 1.54) is 12.2 Å². The summed E-state index contributed by atoms with van der Waals surface area (Å²) in [6.45, 7) is 2.12. The summed E-state index contributed by atoms with van der Waals surface area (Å²) in [7, 11) is 0. The van der Waals surface area contributed by atoms with Crippen molar-refractivity contribution >= 4 is 12.2 Å². The number of hydrogen-bond acceptors (Lipinski definition) is 4. The second-order valence-corrected chi connectivity index (χ2v) is 4.40. The van der Waals surface area contributed by atoms with Crippen LogP contribution in [0.3, 0.4) is 0 Å². The van der Waals surface area contributed by atoms with Gasteiger partial charge in [0.05, 0.1) is 0 Å². The van der Waals surface area contributed by atoms with Crippen molar-refractivity contribution in [1.82, 2.24) is 0 Å². The molecule has 0 saturated heterocycles. The standard InChI is InChI=1S/C15H18N2O2/c1-2-3-4-8-11-15(16-12-18,17-13-19)14-9-6-5-7-10-14/h5-7,9-10H,2-4,8,11H2,1H3. The molecule has 0 atom stereocenters. The molecule has 4 heteroatoms. The summed E-state index contributed by atoms with van der Waals surface area (Å²) in [6, 6.07) is 9.14. The number of hydrogen-bond donors (Lipinski definition) is 0. The smallest absolute Gasteiger partial charge is 0.211 e. The molecule has 0 aliphatic heterocycles. The van der Waals surface area contributed by atoms with E-state index < -0.39 is 5.66 Å². The van der Waals surface area contributed by atoms with E-state index in [9.17, 15) is 9.59 Å². The molecule has 1 aromatic carbocycles. The number of benzene rings is 1. The summed E-state index contributed by atoms with van der Waals surface area (Å²) in [5.41, 5.74) is -0.434. The number of aliphatic imine (C=N–C) groups is 2. The second kappa shape index (κ2) is 8.15. The van der Waals surface area contributed by atoms with Crippen LogP contribution in [0, 0.1) is 0 Å². The van der Waals surface area contributed by atoms with Crippen molar-refractivity contribution in [2.45, 2.75) is 44.7 Å². The van der Waals surface area contributed by atoms with Crippen LogP contribution in [0.25, 0.3) is 0 Å². The van der Waals surface area contributed by atoms with E-state index >= 15 is 0 Å². The molecule has 1 rings (SSSR count). The average Bonchev–Trinajstić information content (AvgIpc) is 2.45. The minimum atomic E-state index is -1.15. The summed E-state index contributed by atoms with van der Waals surface area (Å²) in [6.07, 6.45) is 7.68. The van der Waals surface area contributed by atoms with E-state index in [1.54, 1.807) is 0 Å². The molecular formula is C15H18N2O2. The summed E-state index contributed by atoms with van der Waals surface area (Å²) >= 11 is 0. The molecule has 0 aromatic heterocycles. The average molecular weight is 258 g/mol. The Bertz CT molecular complexity index is 454. The van der Waals surface area contributed by atoms with Gasteiger partial charge in [0, 0.05) is 5.56 Å². The molecule has 0 aliphatic carbocycles. The summed E-state index contributed by atoms with van der Waals surface area (Å²) in [5.74, 6) is 0. The number of unbranched alkanes of at least 4 members (excludes halogenated alkanes) is 3. The highest BCUT2D eigenvalue weighted by Gasteiger charge is 2.31. The molecule has 0 aliphatic rings. The zero-order valence-corrected chi connectivity index (χ0v) is 11.1. The van der Waals surface area contributed by atoms with Crippen LogP contribution in [0.15, 0.2) is 40.3 Å². The van der Waals surface area contributed by atoms with Crippen LogP contribution in [0.4, 0.5) is 0 Å². The lowest BCUT2D eigenvalue weighted by molar-refractivity contribution is 0.400. The fraction of sp³-hybridized carbons (Fsp3) is 0.467. The molecule has 0 N–H and O–H groups in total. The molecule has 0 amide bonds. The first-order valence-electron chi connectivity index (χ1n) is 6.52. The Morgan fingerprint density at radius 3 is 2.16 bits per heavy atom. The lowest BCUT2D eigenvalue weighted by Gasteiger charge is -2.22. The summed E-state index contributed by atoms with van der Waals surface area (Å²) in [5, 5.41) is 0. The van der Waals surface area contributed by atoms with Crippen molar-refractivity contribution in [3.8, 4) is 0 Å². The van der Waals surface area contributed by atoms with E-state index in [2.05, 4.69) is 16.9 Å². The Balaban J connectivity index is 3.01. The molecule has 0 radical (unpaired) electrons. The van der Waals surface area contributed by atoms with Crippen LogP contribution in [0.2, 0.25) is 0 Å². The number of carbonyl (C=O) groups excluding carboxylic acids is 2. The van der Waals surface area contributed by atoms with Gasteiger partial charge in [0.15, 0.2) is 5.66 Å². The number of isocyanates is 2. The van der Waals surface area contributed by atoms with Crippen molar-refractivity contribution in [3.63, 3.8) is 0 Å². The fourth-order valence-corrected chi connectivity index (χ4v) is 2.06. The van der Waals surface area contributed by atoms with Gasteiger partial charge in [-0.3, -0.25) is 0 Å². The van der Waals surface area contributed by atoms with Gasteiger partial charge < -0.3 is 0 Å². The third-order valence-corrected chi connectivity index (χ3v) is 3.08. The minimum Gasteiger partial charge on any atom is -0.211 e. The zero-order valence-electron chi connectivity index (χ0n) is 11.1. The van der Waals surface area contributed by atoms with E-state index in [0.717, 1.165) is 31.2 Å². The normalized spacial score (nSPS) is 12.9. The predicted octanol–water partition coefficient (Wildman–Crippen LogP) is 3.48. The van der Waals surface area contributed by atoms with Gasteiger partial charge in [0.2, 0.25) is 12.2 Å². The lowest BCUT2D eigenvalue weighted by Crippen LogP contribution is -2.21. The number of rotatable bonds is 8. The van der Waals surface area contributed by atoms with Crippen LogP contribution in [0.1, 0.15) is 44.6 Å². The molecular weight excluding hydrogens is 240 g/mol. The van der Waals surface area contributed by atoms with Crippen molar-refractivity contribution in [3.05, 3.63) is 35.9 Å². The summed E-state index contributed by atoms with van der Waals surface area (Å²) < 4.78 is 0. The molecule has 0 fully saturated rings. The van der Waals surface area contributed by atoms with Crippen molar-refractivity contribution in [2.24, 2.45) is 9.98 Å². The van der Waals surface area contributed by atoms with Gasteiger partial charge >= 0.3 is 0 Å². The van der Waals surface area contributed by atoms with Crippen LogP contribution >= 0.6 is 0 Å². The van der Waals surface area contributed by atoms with Crippen LogP contribution < -0.4 is 0 Å². The van der Waals surface area contributed by atoms with Crippen LogP contribution in [-0.4, -0.2) is 12.2 Å². The van der Waals surface area contributed by atoms with Crippen LogP contribution in [-0.2, 0) is 15.3 Å². The minimum absolute atomic E-state index is 0.515. The molecule has 4 nitrogen and oxygen atoms in total. The number of nitrogens with zero attached hydrogens (tertiary/aromatic N) is 2. The Morgan fingerprint density at radius 2 is 1.63 bits per heavy atom. The van der Waals surface area contributed by atoms with Crippen LogP contribution in [0.5, 0.6) is 0 Å². The van der Waals surface area contributed by atoms with Crippen molar-refractivity contribution < 1.29 is 9.59 Å². The monoisotopic (exact) mass is 258 g/mol. The van der Waals surface area contributed by atoms with E-state index in [0.29, 0.717) is 6.42 Å². The third kappa shape index (κ3) is 4.29. The zero-order chi connectivity index (χ0) is 14.0. The summed E-state index contributed by atoms with van der Waals surface area (Å²) in [4.78, 5) is 28.9. The van der Waals surface area contributed by atoms with Gasteiger partial charge in [-0.1, -0.05) is 56.5 Å². The third-order valence-electron chi connectivity index (χ3n) is 3.08. The van der Waals surface area contributed by atoms with Gasteiger partial charge in [-0.05, 0) is 12.8 Å². The molecule has 0 spiro atoms. The molecule has 19 heavy (non-hydrogen) atoms. The van der Waals surface area contributed by atoms with Crippen molar-refractivity contribution in [1.29, 1.82) is 0 Å². The Morgan fingerprint density at radius 1 is 1.00 bits per heavy atom. The highest BCUT2D eigenvalue weighted by atomic mass is 16.1. The fourth-order valence-electron chi connectivity index (χ4n) is 2.06. The highest BCUT2D eigenvalue weighted by molar-refractivity contribution is 5.42. The Kier molecular flexibility index (Phi) is 6.45. The second-order valence-electron chi connectivity index (χ2n) is 4.40. The quantitative estimate of drug-likeness (QED) is 0.407. The lowest BCUT2D eigenvalue weighted by atomic mass is 9.94. The Labute approximate surface area is 113 Å². The van der Waals surface area contributed by atoms with Gasteiger partial charge in [0.25, 0.3) is 0 Å².